The maximum Gasteiger partial charge on any atom is 0.282 e. The number of hydrogen-bond donors (Lipinski definition) is 0. The minimum Gasteiger partial charge on any atom is -0.195 e. The first-order chi connectivity index (χ1) is 8.51. The summed E-state index contributed by atoms with van der Waals surface area (Å²) < 4.78 is 52.2. The fourth-order valence-electron chi connectivity index (χ4n) is 1.23. The van der Waals surface area contributed by atoms with Crippen molar-refractivity contribution < 1.29 is 16.8 Å². The Morgan fingerprint density at radius 3 is 1.11 bits per heavy atom. The van der Waals surface area contributed by atoms with Gasteiger partial charge in [0, 0.05) is 41.3 Å². The van der Waals surface area contributed by atoms with Crippen molar-refractivity contribution in [3.8, 4) is 0 Å². The third-order valence-electron chi connectivity index (χ3n) is 2.86. The Morgan fingerprint density at radius 2 is 0.895 bits per heavy atom. The molecule has 0 aliphatic carbocycles. The number of nitrogens with zero attached hydrogens (tertiary/aromatic N) is 4. The maximum absolute atomic E-state index is 12.0. The number of hydrogen-bond acceptors (Lipinski definition) is 4. The fourth-order valence-corrected chi connectivity index (χ4v) is 3.54. The molecule has 0 saturated carbocycles. The van der Waals surface area contributed by atoms with Crippen LogP contribution in [-0.4, -0.2) is 82.0 Å². The van der Waals surface area contributed by atoms with Gasteiger partial charge in [0.2, 0.25) is 0 Å². The zero-order chi connectivity index (χ0) is 15.4. The monoisotopic (exact) mass is 316 g/mol. The highest BCUT2D eigenvalue weighted by molar-refractivity contribution is 7.87. The summed E-state index contributed by atoms with van der Waals surface area (Å²) in [7, 11) is -1.69. The first-order valence-corrected chi connectivity index (χ1v) is 8.66. The highest BCUT2D eigenvalue weighted by Gasteiger charge is 2.28. The predicted octanol–water partition coefficient (Wildman–Crippen LogP) is -0.799. The molecule has 0 radical (unpaired) electrons. The van der Waals surface area contributed by atoms with Crippen molar-refractivity contribution in [3.05, 3.63) is 0 Å². The van der Waals surface area contributed by atoms with E-state index in [1.54, 1.807) is 13.8 Å². The zero-order valence-electron chi connectivity index (χ0n) is 12.4. The van der Waals surface area contributed by atoms with Crippen molar-refractivity contribution in [1.82, 2.24) is 17.2 Å². The summed E-state index contributed by atoms with van der Waals surface area (Å²) in [6, 6.07) is 0. The summed E-state index contributed by atoms with van der Waals surface area (Å²) in [5.41, 5.74) is 0. The molecule has 0 aliphatic heterocycles. The van der Waals surface area contributed by atoms with Gasteiger partial charge in [-0.15, -0.1) is 0 Å². The summed E-state index contributed by atoms with van der Waals surface area (Å²) in [6.07, 6.45) is 0. The first-order valence-electron chi connectivity index (χ1n) is 5.86. The third-order valence-corrected chi connectivity index (χ3v) is 6.76. The Kier molecular flexibility index (Phi) is 6.86. The molecule has 8 nitrogen and oxygen atoms in total. The minimum absolute atomic E-state index is 0.237. The van der Waals surface area contributed by atoms with Crippen LogP contribution in [0.3, 0.4) is 0 Å². The Morgan fingerprint density at radius 1 is 0.632 bits per heavy atom. The van der Waals surface area contributed by atoms with Gasteiger partial charge in [0.15, 0.2) is 0 Å². The summed E-state index contributed by atoms with van der Waals surface area (Å²) in [4.78, 5) is 0. The molecule has 0 N–H and O–H groups in total. The van der Waals surface area contributed by atoms with E-state index < -0.39 is 20.4 Å². The molecule has 0 unspecified atom stereocenters. The summed E-state index contributed by atoms with van der Waals surface area (Å²) in [5.74, 6) is 0. The van der Waals surface area contributed by atoms with Crippen LogP contribution >= 0.6 is 0 Å². The van der Waals surface area contributed by atoms with E-state index in [0.717, 1.165) is 17.2 Å². The smallest absolute Gasteiger partial charge is 0.195 e. The van der Waals surface area contributed by atoms with E-state index in [2.05, 4.69) is 0 Å². The molecule has 0 spiro atoms. The zero-order valence-corrected chi connectivity index (χ0v) is 14.0. The van der Waals surface area contributed by atoms with Crippen LogP contribution in [0.25, 0.3) is 0 Å². The molecule has 0 aromatic carbocycles. The molecular formula is C9H24N4O4S2. The Balaban J connectivity index is 4.99. The lowest BCUT2D eigenvalue weighted by molar-refractivity contribution is 0.310. The Labute approximate surface area is 116 Å². The average molecular weight is 316 g/mol. The van der Waals surface area contributed by atoms with Crippen molar-refractivity contribution in [1.29, 1.82) is 0 Å². The molecule has 116 valence electrons. The molecule has 0 bridgehead atoms. The molecule has 0 amide bonds. The minimum atomic E-state index is -3.63. The van der Waals surface area contributed by atoms with Gasteiger partial charge in [-0.1, -0.05) is 13.8 Å². The maximum atomic E-state index is 12.0. The van der Waals surface area contributed by atoms with Gasteiger partial charge in [-0.25, -0.2) is 0 Å². The van der Waals surface area contributed by atoms with E-state index in [1.807, 2.05) is 0 Å². The Hall–Kier alpha value is -0.260. The topological polar surface area (TPSA) is 81.2 Å². The molecule has 0 atom stereocenters. The quantitative estimate of drug-likeness (QED) is 0.549. The van der Waals surface area contributed by atoms with Crippen LogP contribution in [0.4, 0.5) is 0 Å². The van der Waals surface area contributed by atoms with Crippen LogP contribution in [0.5, 0.6) is 0 Å². The molecule has 0 rings (SSSR count). The van der Waals surface area contributed by atoms with Gasteiger partial charge in [0.1, 0.15) is 0 Å². The lowest BCUT2D eigenvalue weighted by atomic mass is 10.8. The standard InChI is InChI=1S/C9H24N4O4S2/c1-7-10(3)18(14,15)12(5)9-13(6)19(16,17)11(4)8-2/h7-9H2,1-6H3. The van der Waals surface area contributed by atoms with Gasteiger partial charge >= 0.3 is 0 Å². The van der Waals surface area contributed by atoms with E-state index in [1.165, 1.54) is 28.2 Å². The van der Waals surface area contributed by atoms with Crippen molar-refractivity contribution in [2.24, 2.45) is 0 Å². The van der Waals surface area contributed by atoms with Gasteiger partial charge < -0.3 is 0 Å². The fraction of sp³-hybridized carbons (Fsp3) is 1.00. The van der Waals surface area contributed by atoms with Gasteiger partial charge in [-0.3, -0.25) is 0 Å². The normalized spacial score (nSPS) is 14.0. The summed E-state index contributed by atoms with van der Waals surface area (Å²) in [6.45, 7) is 3.81. The molecule has 0 aromatic heterocycles. The van der Waals surface area contributed by atoms with E-state index in [4.69, 9.17) is 0 Å². The van der Waals surface area contributed by atoms with E-state index in [9.17, 15) is 16.8 Å². The van der Waals surface area contributed by atoms with Crippen LogP contribution in [-0.2, 0) is 20.4 Å². The second-order valence-corrected chi connectivity index (χ2v) is 8.47. The lowest BCUT2D eigenvalue weighted by Crippen LogP contribution is -2.48. The molecular weight excluding hydrogens is 292 g/mol. The van der Waals surface area contributed by atoms with Gasteiger partial charge in [0.05, 0.1) is 6.67 Å². The molecule has 0 saturated heterocycles. The number of rotatable bonds is 8. The van der Waals surface area contributed by atoms with Gasteiger partial charge in [-0.05, 0) is 0 Å². The van der Waals surface area contributed by atoms with Crippen LogP contribution < -0.4 is 0 Å². The van der Waals surface area contributed by atoms with Crippen molar-refractivity contribution in [2.45, 2.75) is 13.8 Å². The second kappa shape index (κ2) is 6.95. The lowest BCUT2D eigenvalue weighted by Gasteiger charge is -2.29. The van der Waals surface area contributed by atoms with Gasteiger partial charge in [0.25, 0.3) is 20.4 Å². The molecule has 0 aromatic rings. The first kappa shape index (κ1) is 18.7. The van der Waals surface area contributed by atoms with Crippen molar-refractivity contribution in [3.63, 3.8) is 0 Å². The van der Waals surface area contributed by atoms with Crippen molar-refractivity contribution >= 4 is 20.4 Å². The molecule has 10 heteroatoms. The van der Waals surface area contributed by atoms with Crippen LogP contribution in [0.15, 0.2) is 0 Å². The van der Waals surface area contributed by atoms with E-state index >= 15 is 0 Å². The highest BCUT2D eigenvalue weighted by atomic mass is 32.2. The van der Waals surface area contributed by atoms with E-state index in [0.29, 0.717) is 13.1 Å². The van der Waals surface area contributed by atoms with Crippen LogP contribution in [0, 0.1) is 0 Å². The highest BCUT2D eigenvalue weighted by Crippen LogP contribution is 2.08. The average Bonchev–Trinajstić information content (AvgIpc) is 2.35. The third kappa shape index (κ3) is 4.36. The Bertz CT molecular complexity index is 432. The summed E-state index contributed by atoms with van der Waals surface area (Å²) in [5, 5.41) is 0. The largest absolute Gasteiger partial charge is 0.282 e. The molecule has 0 aliphatic rings. The summed E-state index contributed by atoms with van der Waals surface area (Å²) >= 11 is 0. The predicted molar refractivity (Wildman–Crippen MR) is 74.8 cm³/mol. The second-order valence-electron chi connectivity index (χ2n) is 4.18. The van der Waals surface area contributed by atoms with Crippen molar-refractivity contribution in [2.75, 3.05) is 47.9 Å². The van der Waals surface area contributed by atoms with Crippen LogP contribution in [0.2, 0.25) is 0 Å². The molecule has 0 fully saturated rings. The SMILES string of the molecule is CCN(C)S(=O)(=O)N(C)CN(C)S(=O)(=O)N(C)CC. The van der Waals surface area contributed by atoms with Gasteiger partial charge in [-0.2, -0.15) is 34.1 Å². The molecule has 19 heavy (non-hydrogen) atoms. The molecule has 0 heterocycles. The van der Waals surface area contributed by atoms with E-state index in [-0.39, 0.29) is 6.67 Å². The van der Waals surface area contributed by atoms with Crippen LogP contribution in [0.1, 0.15) is 13.8 Å².